The van der Waals surface area contributed by atoms with E-state index in [1.54, 1.807) is 30.5 Å². The van der Waals surface area contributed by atoms with Gasteiger partial charge in [0.25, 0.3) is 0 Å². The Balaban J connectivity index is 1.76. The lowest BCUT2D eigenvalue weighted by Gasteiger charge is -2.41. The molecule has 4 rings (SSSR count). The maximum atomic E-state index is 13.2. The lowest BCUT2D eigenvalue weighted by molar-refractivity contribution is -0.232. The Labute approximate surface area is 200 Å². The van der Waals surface area contributed by atoms with Gasteiger partial charge in [0, 0.05) is 11.5 Å². The molecule has 1 aliphatic heterocycles. The van der Waals surface area contributed by atoms with Crippen molar-refractivity contribution in [1.29, 1.82) is 0 Å². The predicted octanol–water partition coefficient (Wildman–Crippen LogP) is 1.57. The topological polar surface area (TPSA) is 159 Å². The minimum absolute atomic E-state index is 0.00891. The third-order valence-electron chi connectivity index (χ3n) is 6.01. The first-order valence-electron chi connectivity index (χ1n) is 10.8. The summed E-state index contributed by atoms with van der Waals surface area (Å²) in [5, 5.41) is 52.1. The van der Waals surface area contributed by atoms with E-state index in [0.29, 0.717) is 11.1 Å². The second-order valence-corrected chi connectivity index (χ2v) is 8.08. The molecule has 2 aromatic carbocycles. The molecule has 0 aliphatic carbocycles. The van der Waals surface area contributed by atoms with Crippen molar-refractivity contribution < 1.29 is 49.0 Å². The summed E-state index contributed by atoms with van der Waals surface area (Å²) >= 11 is 0. The van der Waals surface area contributed by atoms with Gasteiger partial charge < -0.3 is 44.2 Å². The number of aliphatic hydroxyl groups is 4. The van der Waals surface area contributed by atoms with Gasteiger partial charge in [-0.2, -0.15) is 0 Å². The Kier molecular flexibility index (Phi) is 7.10. The summed E-state index contributed by atoms with van der Waals surface area (Å²) in [6.45, 7) is -0.639. The first kappa shape index (κ1) is 24.7. The molecule has 0 saturated carbocycles. The fraction of sp³-hybridized carbons (Fsp3) is 0.320. The Morgan fingerprint density at radius 3 is 2.51 bits per heavy atom. The van der Waals surface area contributed by atoms with E-state index in [2.05, 4.69) is 0 Å². The second-order valence-electron chi connectivity index (χ2n) is 8.08. The fourth-order valence-electron chi connectivity index (χ4n) is 4.21. The van der Waals surface area contributed by atoms with E-state index in [1.165, 1.54) is 20.3 Å². The van der Waals surface area contributed by atoms with E-state index in [1.807, 2.05) is 6.07 Å². The number of aromatic hydroxyl groups is 1. The molecule has 1 saturated heterocycles. The number of allylic oxidation sites excluding steroid dienone is 1. The van der Waals surface area contributed by atoms with Crippen LogP contribution in [0.2, 0.25) is 0 Å². The fourth-order valence-corrected chi connectivity index (χ4v) is 4.21. The SMILES string of the molecule is COc1cc(O)c(C(=O)/C=C/c2ccc3occc3c2)c(OC)c1C1OC(CO)C(O)C(O)C1O. The maximum absolute atomic E-state index is 13.2. The molecule has 3 aromatic rings. The maximum Gasteiger partial charge on any atom is 0.193 e. The van der Waals surface area contributed by atoms with Gasteiger partial charge in [-0.15, -0.1) is 0 Å². The number of furan rings is 1. The van der Waals surface area contributed by atoms with Crippen molar-refractivity contribution >= 4 is 22.8 Å². The normalized spacial score (nSPS) is 24.7. The molecule has 1 fully saturated rings. The molecule has 0 bridgehead atoms. The molecule has 10 heteroatoms. The van der Waals surface area contributed by atoms with Gasteiger partial charge in [-0.05, 0) is 29.8 Å². The van der Waals surface area contributed by atoms with E-state index >= 15 is 0 Å². The van der Waals surface area contributed by atoms with Crippen LogP contribution in [-0.4, -0.2) is 76.6 Å². The number of phenols is 1. The van der Waals surface area contributed by atoms with Gasteiger partial charge in [0.1, 0.15) is 58.9 Å². The van der Waals surface area contributed by atoms with Crippen LogP contribution in [0.25, 0.3) is 17.0 Å². The van der Waals surface area contributed by atoms with Crippen LogP contribution in [0.1, 0.15) is 27.6 Å². The number of hydrogen-bond donors (Lipinski definition) is 5. The number of hydrogen-bond acceptors (Lipinski definition) is 10. The summed E-state index contributed by atoms with van der Waals surface area (Å²) in [6, 6.07) is 8.31. The third-order valence-corrected chi connectivity index (χ3v) is 6.01. The number of ketones is 1. The van der Waals surface area contributed by atoms with Crippen molar-refractivity contribution in [3.8, 4) is 17.2 Å². The molecule has 0 spiro atoms. The lowest BCUT2D eigenvalue weighted by Crippen LogP contribution is -2.55. The highest BCUT2D eigenvalue weighted by atomic mass is 16.5. The summed E-state index contributed by atoms with van der Waals surface area (Å²) < 4.78 is 21.7. The summed E-state index contributed by atoms with van der Waals surface area (Å²) in [7, 11) is 2.56. The van der Waals surface area contributed by atoms with Crippen molar-refractivity contribution in [3.05, 3.63) is 59.4 Å². The number of aliphatic hydroxyl groups excluding tert-OH is 4. The molecule has 5 N–H and O–H groups in total. The zero-order chi connectivity index (χ0) is 25.3. The zero-order valence-electron chi connectivity index (χ0n) is 19.0. The first-order chi connectivity index (χ1) is 16.8. The summed E-state index contributed by atoms with van der Waals surface area (Å²) in [4.78, 5) is 13.2. The minimum Gasteiger partial charge on any atom is -0.507 e. The van der Waals surface area contributed by atoms with Gasteiger partial charge in [0.2, 0.25) is 0 Å². The number of phenolic OH excluding ortho intramolecular Hbond substituents is 1. The molecule has 1 aliphatic rings. The highest BCUT2D eigenvalue weighted by Crippen LogP contribution is 2.47. The number of methoxy groups -OCH3 is 2. The molecule has 186 valence electrons. The van der Waals surface area contributed by atoms with Crippen LogP contribution in [0.3, 0.4) is 0 Å². The largest absolute Gasteiger partial charge is 0.507 e. The Morgan fingerprint density at radius 1 is 1.06 bits per heavy atom. The third kappa shape index (κ3) is 4.49. The lowest BCUT2D eigenvalue weighted by atomic mass is 9.88. The number of carbonyl (C=O) groups excluding carboxylic acids is 1. The molecule has 5 atom stereocenters. The predicted molar refractivity (Wildman–Crippen MR) is 124 cm³/mol. The number of carbonyl (C=O) groups is 1. The van der Waals surface area contributed by atoms with Crippen LogP contribution in [0, 0.1) is 0 Å². The molecule has 0 radical (unpaired) electrons. The number of rotatable bonds is 7. The van der Waals surface area contributed by atoms with Crippen molar-refractivity contribution in [3.63, 3.8) is 0 Å². The van der Waals surface area contributed by atoms with E-state index in [9.17, 15) is 30.3 Å². The highest BCUT2D eigenvalue weighted by molar-refractivity contribution is 6.11. The standard InChI is InChI=1S/C25H26O10/c1-32-17-10-15(28)19(14(27)5-3-12-4-6-16-13(9-12)7-8-34-16)24(33-2)20(17)25-23(31)22(30)21(29)18(11-26)35-25/h3-10,18,21-23,25-26,28-31H,11H2,1-2H3/b5-3+. The Morgan fingerprint density at radius 2 is 1.83 bits per heavy atom. The zero-order valence-corrected chi connectivity index (χ0v) is 19.0. The second kappa shape index (κ2) is 10.1. The summed E-state index contributed by atoms with van der Waals surface area (Å²) in [5.41, 5.74) is 1.22. The van der Waals surface area contributed by atoms with Crippen molar-refractivity contribution in [2.75, 3.05) is 20.8 Å². The van der Waals surface area contributed by atoms with Gasteiger partial charge in [-0.3, -0.25) is 4.79 Å². The van der Waals surface area contributed by atoms with Crippen LogP contribution in [-0.2, 0) is 4.74 Å². The summed E-state index contributed by atoms with van der Waals surface area (Å²) in [5.74, 6) is -1.19. The van der Waals surface area contributed by atoms with Crippen LogP contribution in [0.4, 0.5) is 0 Å². The Bertz CT molecular complexity index is 1240. The number of benzene rings is 2. The van der Waals surface area contributed by atoms with E-state index in [-0.39, 0.29) is 22.6 Å². The van der Waals surface area contributed by atoms with Gasteiger partial charge in [0.15, 0.2) is 5.78 Å². The van der Waals surface area contributed by atoms with Gasteiger partial charge in [0.05, 0.1) is 32.7 Å². The smallest absolute Gasteiger partial charge is 0.193 e. The number of fused-ring (bicyclic) bond motifs is 1. The van der Waals surface area contributed by atoms with Crippen LogP contribution in [0.15, 0.2) is 47.1 Å². The summed E-state index contributed by atoms with van der Waals surface area (Å²) in [6.07, 6.45) is -3.06. The molecule has 0 amide bonds. The molecular weight excluding hydrogens is 460 g/mol. The average Bonchev–Trinajstić information content (AvgIpc) is 3.33. The minimum atomic E-state index is -1.66. The highest BCUT2D eigenvalue weighted by Gasteiger charge is 2.46. The van der Waals surface area contributed by atoms with E-state index in [4.69, 9.17) is 18.6 Å². The van der Waals surface area contributed by atoms with Crippen LogP contribution in [0.5, 0.6) is 17.2 Å². The quantitative estimate of drug-likeness (QED) is 0.245. The van der Waals surface area contributed by atoms with Crippen molar-refractivity contribution in [2.45, 2.75) is 30.5 Å². The van der Waals surface area contributed by atoms with E-state index < -0.39 is 48.7 Å². The Hall–Kier alpha value is -3.41. The van der Waals surface area contributed by atoms with Crippen LogP contribution < -0.4 is 9.47 Å². The molecule has 1 aromatic heterocycles. The molecule has 2 heterocycles. The molecular formula is C25H26O10. The average molecular weight is 486 g/mol. The monoisotopic (exact) mass is 486 g/mol. The number of ether oxygens (including phenoxy) is 3. The molecule has 35 heavy (non-hydrogen) atoms. The first-order valence-corrected chi connectivity index (χ1v) is 10.8. The van der Waals surface area contributed by atoms with Crippen molar-refractivity contribution in [1.82, 2.24) is 0 Å². The van der Waals surface area contributed by atoms with Crippen LogP contribution >= 0.6 is 0 Å². The van der Waals surface area contributed by atoms with Gasteiger partial charge in [-0.1, -0.05) is 12.1 Å². The van der Waals surface area contributed by atoms with E-state index in [0.717, 1.165) is 11.5 Å². The molecule has 10 nitrogen and oxygen atoms in total. The van der Waals surface area contributed by atoms with Gasteiger partial charge in [-0.25, -0.2) is 0 Å². The van der Waals surface area contributed by atoms with Gasteiger partial charge >= 0.3 is 0 Å². The van der Waals surface area contributed by atoms with Crippen molar-refractivity contribution in [2.24, 2.45) is 0 Å². The molecule has 5 unspecified atom stereocenters.